The van der Waals surface area contributed by atoms with E-state index in [2.05, 4.69) is 187 Å². The summed E-state index contributed by atoms with van der Waals surface area (Å²) in [5.41, 5.74) is 14.2. The molecule has 272 valence electrons. The van der Waals surface area contributed by atoms with Gasteiger partial charge in [0.25, 0.3) is 0 Å². The SMILES string of the molecule is CCc1nc2ccccc2n1-c1ccc(-c2cc(-c3ccc(-n4c(CC)nc5ccccc54)cc3)cc(-c3nc4ccccc4c4sc5ccccc5c34)c2)cc1. The number of pyridine rings is 1. The van der Waals surface area contributed by atoms with Crippen LogP contribution in [0.4, 0.5) is 0 Å². The van der Waals surface area contributed by atoms with E-state index in [1.165, 1.54) is 25.6 Å². The Morgan fingerprint density at radius 1 is 0.439 bits per heavy atom. The van der Waals surface area contributed by atoms with Crippen molar-refractivity contribution in [2.45, 2.75) is 26.7 Å². The van der Waals surface area contributed by atoms with Crippen LogP contribution in [-0.2, 0) is 12.8 Å². The third-order valence-corrected chi connectivity index (χ3v) is 12.4. The van der Waals surface area contributed by atoms with Crippen LogP contribution in [0, 0.1) is 0 Å². The molecular formula is C51H37N5S. The number of hydrogen-bond donors (Lipinski definition) is 0. The van der Waals surface area contributed by atoms with E-state index >= 15 is 0 Å². The molecule has 0 unspecified atom stereocenters. The lowest BCUT2D eigenvalue weighted by molar-refractivity contribution is 0.908. The summed E-state index contributed by atoms with van der Waals surface area (Å²) in [5, 5.41) is 3.64. The molecule has 0 bridgehead atoms. The Balaban J connectivity index is 1.10. The normalized spacial score (nSPS) is 11.8. The molecule has 5 nitrogen and oxygen atoms in total. The molecule has 0 N–H and O–H groups in total. The van der Waals surface area contributed by atoms with Crippen molar-refractivity contribution in [1.82, 2.24) is 24.1 Å². The molecule has 4 aromatic heterocycles. The summed E-state index contributed by atoms with van der Waals surface area (Å²) >= 11 is 1.85. The predicted octanol–water partition coefficient (Wildman–Crippen LogP) is 13.4. The predicted molar refractivity (Wildman–Crippen MR) is 239 cm³/mol. The Hall–Kier alpha value is -6.89. The number of imidazole rings is 2. The molecule has 0 aliphatic carbocycles. The highest BCUT2D eigenvalue weighted by molar-refractivity contribution is 7.26. The van der Waals surface area contributed by atoms with Gasteiger partial charge in [-0.2, -0.15) is 0 Å². The highest BCUT2D eigenvalue weighted by Gasteiger charge is 2.19. The van der Waals surface area contributed by atoms with Gasteiger partial charge in [0, 0.05) is 55.3 Å². The van der Waals surface area contributed by atoms with Gasteiger partial charge in [-0.05, 0) is 101 Å². The molecule has 0 saturated carbocycles. The summed E-state index contributed by atoms with van der Waals surface area (Å²) in [5.74, 6) is 2.11. The third kappa shape index (κ3) is 5.47. The topological polar surface area (TPSA) is 48.5 Å². The second kappa shape index (κ2) is 13.4. The molecule has 0 amide bonds. The first-order valence-electron chi connectivity index (χ1n) is 19.6. The van der Waals surface area contributed by atoms with Crippen LogP contribution < -0.4 is 0 Å². The molecule has 0 aliphatic heterocycles. The van der Waals surface area contributed by atoms with Gasteiger partial charge in [0.15, 0.2) is 0 Å². The molecule has 57 heavy (non-hydrogen) atoms. The average molecular weight is 752 g/mol. The average Bonchev–Trinajstić information content (AvgIpc) is 3.98. The molecule has 11 aromatic rings. The van der Waals surface area contributed by atoms with Crippen LogP contribution >= 0.6 is 11.3 Å². The second-order valence-electron chi connectivity index (χ2n) is 14.6. The summed E-state index contributed by atoms with van der Waals surface area (Å²) in [4.78, 5) is 15.3. The van der Waals surface area contributed by atoms with Crippen molar-refractivity contribution in [3.8, 4) is 44.9 Å². The number of nitrogens with zero attached hydrogens (tertiary/aromatic N) is 5. The lowest BCUT2D eigenvalue weighted by Gasteiger charge is -2.15. The summed E-state index contributed by atoms with van der Waals surface area (Å²) < 4.78 is 7.11. The van der Waals surface area contributed by atoms with Gasteiger partial charge in [-0.25, -0.2) is 15.0 Å². The maximum absolute atomic E-state index is 5.44. The Bertz CT molecular complexity index is 3170. The van der Waals surface area contributed by atoms with Crippen molar-refractivity contribution in [3.05, 3.63) is 175 Å². The van der Waals surface area contributed by atoms with Gasteiger partial charge in [0.2, 0.25) is 0 Å². The van der Waals surface area contributed by atoms with Crippen molar-refractivity contribution in [2.24, 2.45) is 0 Å². The van der Waals surface area contributed by atoms with E-state index in [1.54, 1.807) is 0 Å². The van der Waals surface area contributed by atoms with E-state index in [9.17, 15) is 0 Å². The van der Waals surface area contributed by atoms with Gasteiger partial charge in [0.1, 0.15) is 11.6 Å². The van der Waals surface area contributed by atoms with Gasteiger partial charge in [-0.1, -0.05) is 98.8 Å². The zero-order valence-electron chi connectivity index (χ0n) is 31.6. The maximum atomic E-state index is 5.44. The Labute approximate surface area is 334 Å². The fourth-order valence-corrected chi connectivity index (χ4v) is 9.76. The molecule has 0 aliphatic rings. The number of hydrogen-bond acceptors (Lipinski definition) is 4. The molecule has 0 fully saturated rings. The molecule has 0 radical (unpaired) electrons. The number of thiophene rings is 1. The van der Waals surface area contributed by atoms with Crippen molar-refractivity contribution < 1.29 is 0 Å². The van der Waals surface area contributed by atoms with Gasteiger partial charge in [-0.15, -0.1) is 11.3 Å². The van der Waals surface area contributed by atoms with Crippen LogP contribution in [0.2, 0.25) is 0 Å². The lowest BCUT2D eigenvalue weighted by atomic mass is 9.93. The number of benzene rings is 7. The smallest absolute Gasteiger partial charge is 0.114 e. The number of para-hydroxylation sites is 5. The molecule has 4 heterocycles. The molecule has 7 aromatic carbocycles. The highest BCUT2D eigenvalue weighted by Crippen LogP contribution is 2.44. The number of fused-ring (bicyclic) bond motifs is 7. The monoisotopic (exact) mass is 751 g/mol. The van der Waals surface area contributed by atoms with Crippen LogP contribution in [-0.4, -0.2) is 24.1 Å². The van der Waals surface area contributed by atoms with Crippen molar-refractivity contribution in [1.29, 1.82) is 0 Å². The fraction of sp³-hybridized carbons (Fsp3) is 0.0784. The lowest BCUT2D eigenvalue weighted by Crippen LogP contribution is -2.00. The van der Waals surface area contributed by atoms with Crippen LogP contribution in [0.1, 0.15) is 25.5 Å². The van der Waals surface area contributed by atoms with Gasteiger partial charge in [-0.3, -0.25) is 9.13 Å². The minimum atomic E-state index is 0.849. The van der Waals surface area contributed by atoms with E-state index in [0.29, 0.717) is 0 Å². The van der Waals surface area contributed by atoms with Crippen LogP contribution in [0.5, 0.6) is 0 Å². The maximum Gasteiger partial charge on any atom is 0.114 e. The molecule has 6 heteroatoms. The van der Waals surface area contributed by atoms with Crippen molar-refractivity contribution >= 4 is 64.5 Å². The van der Waals surface area contributed by atoms with E-state index in [4.69, 9.17) is 15.0 Å². The van der Waals surface area contributed by atoms with Crippen LogP contribution in [0.3, 0.4) is 0 Å². The Kier molecular flexibility index (Phi) is 7.86. The van der Waals surface area contributed by atoms with E-state index in [-0.39, 0.29) is 0 Å². The molecular weight excluding hydrogens is 715 g/mol. The van der Waals surface area contributed by atoms with Crippen molar-refractivity contribution in [2.75, 3.05) is 0 Å². The molecule has 11 rings (SSSR count). The van der Waals surface area contributed by atoms with Crippen molar-refractivity contribution in [3.63, 3.8) is 0 Å². The Morgan fingerprint density at radius 2 is 0.912 bits per heavy atom. The van der Waals surface area contributed by atoms with Crippen LogP contribution in [0.25, 0.3) is 98.0 Å². The zero-order valence-corrected chi connectivity index (χ0v) is 32.5. The van der Waals surface area contributed by atoms with Gasteiger partial charge >= 0.3 is 0 Å². The first-order valence-corrected chi connectivity index (χ1v) is 20.5. The first-order chi connectivity index (χ1) is 28.1. The summed E-state index contributed by atoms with van der Waals surface area (Å²) in [6, 6.07) is 58.9. The standard InChI is InChI=1S/C51H37N5S/c1-3-47-52-42-16-8-10-18-44(42)55(47)37-25-21-32(22-26-37)34-29-35(33-23-27-38(28-24-33)56-45-19-11-9-17-43(45)53-48(56)4-2)31-36(30-34)50-49-40-14-6-12-20-46(40)57-51(49)39-13-5-7-15-41(39)54-50/h5-31H,3-4H2,1-2H3. The highest BCUT2D eigenvalue weighted by atomic mass is 32.1. The molecule has 0 saturated heterocycles. The summed E-state index contributed by atoms with van der Waals surface area (Å²) in [6.45, 7) is 4.33. The van der Waals surface area contributed by atoms with E-state index < -0.39 is 0 Å². The number of rotatable bonds is 7. The number of aromatic nitrogens is 5. The quantitative estimate of drug-likeness (QED) is 0.163. The largest absolute Gasteiger partial charge is 0.296 e. The Morgan fingerprint density at radius 3 is 1.47 bits per heavy atom. The fourth-order valence-electron chi connectivity index (χ4n) is 8.52. The molecule has 0 spiro atoms. The van der Waals surface area contributed by atoms with E-state index in [0.717, 1.165) is 97.0 Å². The van der Waals surface area contributed by atoms with Gasteiger partial charge in [0.05, 0.1) is 33.3 Å². The first kappa shape index (κ1) is 33.4. The minimum absolute atomic E-state index is 0.849. The zero-order chi connectivity index (χ0) is 38.0. The van der Waals surface area contributed by atoms with Crippen LogP contribution in [0.15, 0.2) is 164 Å². The van der Waals surface area contributed by atoms with Gasteiger partial charge < -0.3 is 0 Å². The third-order valence-electron chi connectivity index (χ3n) is 11.2. The van der Waals surface area contributed by atoms with E-state index in [1.807, 2.05) is 11.3 Å². The second-order valence-corrected chi connectivity index (χ2v) is 15.6. The summed E-state index contributed by atoms with van der Waals surface area (Å²) in [6.07, 6.45) is 1.70. The number of aryl methyl sites for hydroxylation is 2. The molecule has 0 atom stereocenters. The summed E-state index contributed by atoms with van der Waals surface area (Å²) in [7, 11) is 0. The minimum Gasteiger partial charge on any atom is -0.296 e.